The Morgan fingerprint density at radius 3 is 2.78 bits per heavy atom. The Kier molecular flexibility index (Phi) is 8.61. The number of hydrogen-bond donors (Lipinski definition) is 2. The highest BCUT2D eigenvalue weighted by Crippen LogP contribution is 2.29. The van der Waals surface area contributed by atoms with E-state index in [1.807, 2.05) is 49.4 Å². The van der Waals surface area contributed by atoms with Crippen molar-refractivity contribution in [3.05, 3.63) is 71.3 Å². The second-order valence-electron chi connectivity index (χ2n) is 5.39. The molecule has 2 rings (SSSR count). The number of benzene rings is 2. The molecule has 0 spiro atoms. The average Bonchev–Trinajstić information content (AvgIpc) is 2.67. The van der Waals surface area contributed by atoms with Crippen LogP contribution in [0.5, 0.6) is 11.5 Å². The van der Waals surface area contributed by atoms with Gasteiger partial charge in [-0.3, -0.25) is 5.43 Å². The van der Waals surface area contributed by atoms with E-state index in [2.05, 4.69) is 22.4 Å². The summed E-state index contributed by atoms with van der Waals surface area (Å²) < 4.78 is 11.6. The van der Waals surface area contributed by atoms with Gasteiger partial charge in [-0.2, -0.15) is 5.10 Å². The summed E-state index contributed by atoms with van der Waals surface area (Å²) in [6.45, 7) is 6.99. The molecule has 0 unspecified atom stereocenters. The zero-order valence-corrected chi connectivity index (χ0v) is 16.6. The Morgan fingerprint density at radius 2 is 2.04 bits per heavy atom. The number of thiocarbonyl (C=S) groups is 1. The molecule has 0 aliphatic rings. The van der Waals surface area contributed by atoms with E-state index in [-0.39, 0.29) is 0 Å². The van der Waals surface area contributed by atoms with E-state index in [4.69, 9.17) is 33.3 Å². The van der Waals surface area contributed by atoms with Crippen LogP contribution in [0.4, 0.5) is 0 Å². The Balaban J connectivity index is 2.03. The largest absolute Gasteiger partial charge is 0.490 e. The number of nitrogens with zero attached hydrogens (tertiary/aromatic N) is 1. The third-order valence-corrected chi connectivity index (χ3v) is 4.00. The highest BCUT2D eigenvalue weighted by molar-refractivity contribution is 7.80. The molecule has 142 valence electrons. The molecular formula is C20H22ClN3O2S. The minimum Gasteiger partial charge on any atom is -0.490 e. The molecule has 0 saturated heterocycles. The summed E-state index contributed by atoms with van der Waals surface area (Å²) in [5.41, 5.74) is 4.50. The van der Waals surface area contributed by atoms with Gasteiger partial charge in [0.25, 0.3) is 0 Å². The molecule has 0 bridgehead atoms. The monoisotopic (exact) mass is 403 g/mol. The number of halogens is 1. The Morgan fingerprint density at radius 1 is 1.22 bits per heavy atom. The lowest BCUT2D eigenvalue weighted by atomic mass is 10.2. The molecule has 0 aliphatic heterocycles. The Bertz CT molecular complexity index is 812. The molecule has 0 saturated carbocycles. The highest BCUT2D eigenvalue weighted by Gasteiger charge is 2.08. The molecule has 0 radical (unpaired) electrons. The summed E-state index contributed by atoms with van der Waals surface area (Å²) in [4.78, 5) is 0. The second-order valence-corrected chi connectivity index (χ2v) is 6.20. The van der Waals surface area contributed by atoms with Crippen molar-refractivity contribution in [2.24, 2.45) is 5.10 Å². The summed E-state index contributed by atoms with van der Waals surface area (Å²) in [6.07, 6.45) is 3.37. The zero-order chi connectivity index (χ0) is 19.5. The van der Waals surface area contributed by atoms with Crippen LogP contribution in [0.15, 0.2) is 60.2 Å². The van der Waals surface area contributed by atoms with Gasteiger partial charge in [0.1, 0.15) is 6.61 Å². The molecule has 0 amide bonds. The lowest BCUT2D eigenvalue weighted by Crippen LogP contribution is -2.31. The van der Waals surface area contributed by atoms with Crippen molar-refractivity contribution >= 4 is 35.1 Å². The fourth-order valence-electron chi connectivity index (χ4n) is 2.13. The first-order valence-electron chi connectivity index (χ1n) is 8.45. The summed E-state index contributed by atoms with van der Waals surface area (Å²) in [5, 5.41) is 8.13. The topological polar surface area (TPSA) is 54.9 Å². The second kappa shape index (κ2) is 11.2. The van der Waals surface area contributed by atoms with Gasteiger partial charge in [0.15, 0.2) is 16.6 Å². The van der Waals surface area contributed by atoms with Gasteiger partial charge < -0.3 is 14.8 Å². The first-order chi connectivity index (χ1) is 13.1. The van der Waals surface area contributed by atoms with Crippen LogP contribution in [0.2, 0.25) is 5.02 Å². The van der Waals surface area contributed by atoms with Gasteiger partial charge in [0, 0.05) is 17.1 Å². The maximum atomic E-state index is 6.17. The van der Waals surface area contributed by atoms with Gasteiger partial charge in [0.2, 0.25) is 0 Å². The van der Waals surface area contributed by atoms with Gasteiger partial charge in [-0.1, -0.05) is 35.9 Å². The first-order valence-corrected chi connectivity index (χ1v) is 9.23. The standard InChI is InChI=1S/C20H22ClN3O2S/c1-3-11-22-20(27)24-23-13-15-9-10-18(19(12-15)25-4-2)26-14-16-7-5-6-8-17(16)21/h3,5-10,12-13H,1,4,11,14H2,2H3,(H2,22,24,27)/b23-13+. The van der Waals surface area contributed by atoms with Crippen LogP contribution in [-0.2, 0) is 6.61 Å². The van der Waals surface area contributed by atoms with Gasteiger partial charge in [-0.15, -0.1) is 6.58 Å². The molecule has 2 N–H and O–H groups in total. The summed E-state index contributed by atoms with van der Waals surface area (Å²) in [5.74, 6) is 1.28. The number of hydrazone groups is 1. The molecular weight excluding hydrogens is 382 g/mol. The van der Waals surface area contributed by atoms with E-state index in [9.17, 15) is 0 Å². The van der Waals surface area contributed by atoms with Crippen molar-refractivity contribution in [1.29, 1.82) is 0 Å². The van der Waals surface area contributed by atoms with Crippen molar-refractivity contribution in [2.45, 2.75) is 13.5 Å². The normalized spacial score (nSPS) is 10.4. The van der Waals surface area contributed by atoms with Crippen LogP contribution in [0.3, 0.4) is 0 Å². The number of rotatable bonds is 9. The minimum atomic E-state index is 0.359. The predicted molar refractivity (Wildman–Crippen MR) is 115 cm³/mol. The molecule has 0 heterocycles. The predicted octanol–water partition coefficient (Wildman–Crippen LogP) is 4.30. The van der Waals surface area contributed by atoms with Crippen LogP contribution in [0, 0.1) is 0 Å². The molecule has 0 atom stereocenters. The van der Waals surface area contributed by atoms with Crippen LogP contribution < -0.4 is 20.2 Å². The molecule has 27 heavy (non-hydrogen) atoms. The maximum Gasteiger partial charge on any atom is 0.187 e. The highest BCUT2D eigenvalue weighted by atomic mass is 35.5. The van der Waals surface area contributed by atoms with Gasteiger partial charge in [0.05, 0.1) is 12.8 Å². The molecule has 7 heteroatoms. The van der Waals surface area contributed by atoms with Gasteiger partial charge >= 0.3 is 0 Å². The summed E-state index contributed by atoms with van der Waals surface area (Å²) >= 11 is 11.2. The lowest BCUT2D eigenvalue weighted by Gasteiger charge is -2.13. The van der Waals surface area contributed by atoms with Gasteiger partial charge in [-0.25, -0.2) is 0 Å². The fraction of sp³-hybridized carbons (Fsp3) is 0.200. The summed E-state index contributed by atoms with van der Waals surface area (Å²) in [7, 11) is 0. The number of ether oxygens (including phenoxy) is 2. The third-order valence-electron chi connectivity index (χ3n) is 3.40. The van der Waals surface area contributed by atoms with Crippen molar-refractivity contribution in [1.82, 2.24) is 10.7 Å². The smallest absolute Gasteiger partial charge is 0.187 e. The van der Waals surface area contributed by atoms with E-state index in [0.717, 1.165) is 11.1 Å². The SMILES string of the molecule is C=CCNC(=S)N/N=C/c1ccc(OCc2ccccc2Cl)c(OCC)c1. The molecule has 2 aromatic carbocycles. The van der Waals surface area contributed by atoms with Crippen molar-refractivity contribution < 1.29 is 9.47 Å². The molecule has 0 aromatic heterocycles. The summed E-state index contributed by atoms with van der Waals surface area (Å²) in [6, 6.07) is 13.2. The Hall–Kier alpha value is -2.57. The minimum absolute atomic E-state index is 0.359. The van der Waals surface area contributed by atoms with Crippen LogP contribution in [0.25, 0.3) is 0 Å². The van der Waals surface area contributed by atoms with E-state index < -0.39 is 0 Å². The average molecular weight is 404 g/mol. The zero-order valence-electron chi connectivity index (χ0n) is 15.1. The van der Waals surface area contributed by atoms with Crippen LogP contribution in [-0.4, -0.2) is 24.5 Å². The van der Waals surface area contributed by atoms with Gasteiger partial charge in [-0.05, 0) is 49.0 Å². The fourth-order valence-corrected chi connectivity index (χ4v) is 2.46. The van der Waals surface area contributed by atoms with E-state index in [0.29, 0.717) is 41.4 Å². The Labute approximate surface area is 170 Å². The number of hydrogen-bond acceptors (Lipinski definition) is 4. The van der Waals surface area contributed by atoms with E-state index >= 15 is 0 Å². The van der Waals surface area contributed by atoms with Crippen LogP contribution >= 0.6 is 23.8 Å². The van der Waals surface area contributed by atoms with Crippen molar-refractivity contribution in [3.63, 3.8) is 0 Å². The molecule has 0 fully saturated rings. The molecule has 2 aromatic rings. The van der Waals surface area contributed by atoms with Crippen molar-refractivity contribution in [2.75, 3.05) is 13.2 Å². The van der Waals surface area contributed by atoms with E-state index in [1.165, 1.54) is 0 Å². The molecule has 0 aliphatic carbocycles. The molecule has 5 nitrogen and oxygen atoms in total. The lowest BCUT2D eigenvalue weighted by molar-refractivity contribution is 0.269. The quantitative estimate of drug-likeness (QED) is 0.283. The first kappa shape index (κ1) is 20.7. The van der Waals surface area contributed by atoms with Crippen molar-refractivity contribution in [3.8, 4) is 11.5 Å². The van der Waals surface area contributed by atoms with Crippen LogP contribution in [0.1, 0.15) is 18.1 Å². The maximum absolute atomic E-state index is 6.17. The van der Waals surface area contributed by atoms with E-state index in [1.54, 1.807) is 12.3 Å². The number of nitrogens with one attached hydrogen (secondary N) is 2. The third kappa shape index (κ3) is 6.92.